The molecule has 0 radical (unpaired) electrons. The molecule has 1 aromatic carbocycles. The number of fused-ring (bicyclic) bond motifs is 2. The number of amidine groups is 1. The van der Waals surface area contributed by atoms with Crippen molar-refractivity contribution in [2.24, 2.45) is 4.99 Å². The first-order chi connectivity index (χ1) is 13.2. The van der Waals surface area contributed by atoms with Gasteiger partial charge in [-0.3, -0.25) is 4.98 Å². The summed E-state index contributed by atoms with van der Waals surface area (Å²) >= 11 is 0. The highest BCUT2D eigenvalue weighted by Crippen LogP contribution is 2.39. The predicted molar refractivity (Wildman–Crippen MR) is 101 cm³/mol. The minimum Gasteiger partial charge on any atom is -0.478 e. The number of nitrogens with zero attached hydrogens (tertiary/aromatic N) is 2. The number of ether oxygens (including phenoxy) is 1. The van der Waals surface area contributed by atoms with Gasteiger partial charge in [-0.05, 0) is 66.8 Å². The lowest BCUT2D eigenvalue weighted by Crippen LogP contribution is -2.40. The van der Waals surface area contributed by atoms with Gasteiger partial charge in [-0.25, -0.2) is 9.79 Å². The van der Waals surface area contributed by atoms with Gasteiger partial charge in [0.1, 0.15) is 0 Å². The number of carboxylic acid groups (broad SMARTS) is 1. The molecule has 1 aromatic heterocycles. The van der Waals surface area contributed by atoms with Crippen molar-refractivity contribution in [1.82, 2.24) is 4.98 Å². The molecule has 3 aliphatic rings. The van der Waals surface area contributed by atoms with Gasteiger partial charge in [0.15, 0.2) is 0 Å². The summed E-state index contributed by atoms with van der Waals surface area (Å²) in [6, 6.07) is 6.09. The Labute approximate surface area is 157 Å². The second-order valence-corrected chi connectivity index (χ2v) is 7.46. The minimum atomic E-state index is -1.52. The van der Waals surface area contributed by atoms with Gasteiger partial charge >= 0.3 is 5.97 Å². The highest BCUT2D eigenvalue weighted by Gasteiger charge is 2.48. The fraction of sp³-hybridized carbons (Fsp3) is 0.381. The van der Waals surface area contributed by atoms with Crippen LogP contribution in [0.25, 0.3) is 0 Å². The van der Waals surface area contributed by atoms with Gasteiger partial charge in [0, 0.05) is 23.6 Å². The standard InChI is InChI=1S/C21H21N3O3/c25-19(26)21(15-6-3-9-22-11-15)12-23-20(27-21)24-18-16-7-1-4-13(16)10-14-5-2-8-17(14)18/h3,6,9-11H,1-2,4-5,7-8,12H2,(H,23,24)(H,25,26). The highest BCUT2D eigenvalue weighted by molar-refractivity contribution is 5.96. The van der Waals surface area contributed by atoms with Crippen LogP contribution in [0.1, 0.15) is 40.7 Å². The van der Waals surface area contributed by atoms with Crippen molar-refractivity contribution in [1.29, 1.82) is 0 Å². The summed E-state index contributed by atoms with van der Waals surface area (Å²) in [4.78, 5) is 20.5. The van der Waals surface area contributed by atoms with Crippen molar-refractivity contribution in [2.75, 3.05) is 11.9 Å². The Morgan fingerprint density at radius 2 is 1.89 bits per heavy atom. The van der Waals surface area contributed by atoms with Gasteiger partial charge in [-0.2, -0.15) is 0 Å². The third kappa shape index (κ3) is 2.51. The van der Waals surface area contributed by atoms with Crippen LogP contribution in [0.3, 0.4) is 0 Å². The third-order valence-electron chi connectivity index (χ3n) is 5.89. The molecule has 1 aliphatic heterocycles. The van der Waals surface area contributed by atoms with Crippen LogP contribution < -0.4 is 5.32 Å². The van der Waals surface area contributed by atoms with Crippen molar-refractivity contribution in [3.63, 3.8) is 0 Å². The van der Waals surface area contributed by atoms with E-state index in [1.54, 1.807) is 18.3 Å². The topological polar surface area (TPSA) is 83.8 Å². The number of aliphatic imine (C=N–C) groups is 1. The number of rotatable bonds is 3. The number of benzene rings is 1. The van der Waals surface area contributed by atoms with E-state index in [-0.39, 0.29) is 12.6 Å². The van der Waals surface area contributed by atoms with Crippen LogP contribution in [-0.4, -0.2) is 28.6 Å². The molecule has 1 unspecified atom stereocenters. The first kappa shape index (κ1) is 16.3. The first-order valence-electron chi connectivity index (χ1n) is 9.48. The molecule has 0 saturated carbocycles. The first-order valence-corrected chi connectivity index (χ1v) is 9.48. The summed E-state index contributed by atoms with van der Waals surface area (Å²) in [6.07, 6.45) is 9.79. The SMILES string of the molecule is O=C(O)C1(c2cccnc2)CN=C(Nc2c3c(cc4c2CCC4)CCC3)O1. The molecule has 2 aromatic rings. The minimum absolute atomic E-state index is 0.0353. The molecule has 6 heteroatoms. The van der Waals surface area contributed by atoms with Crippen LogP contribution in [0.2, 0.25) is 0 Å². The number of nitrogens with one attached hydrogen (secondary N) is 1. The zero-order chi connectivity index (χ0) is 18.4. The lowest BCUT2D eigenvalue weighted by Gasteiger charge is -2.24. The van der Waals surface area contributed by atoms with Gasteiger partial charge in [0.25, 0.3) is 11.6 Å². The highest BCUT2D eigenvalue weighted by atomic mass is 16.6. The Bertz CT molecular complexity index is 923. The Hall–Kier alpha value is -2.89. The molecule has 2 heterocycles. The molecule has 0 bridgehead atoms. The van der Waals surface area contributed by atoms with Gasteiger partial charge in [0.05, 0.1) is 6.54 Å². The van der Waals surface area contributed by atoms with E-state index in [0.717, 1.165) is 44.2 Å². The van der Waals surface area contributed by atoms with Crippen molar-refractivity contribution in [3.8, 4) is 0 Å². The number of carbonyl (C=O) groups is 1. The Morgan fingerprint density at radius 1 is 1.15 bits per heavy atom. The number of hydrogen-bond acceptors (Lipinski definition) is 5. The molecule has 0 fully saturated rings. The number of aryl methyl sites for hydroxylation is 2. The zero-order valence-corrected chi connectivity index (χ0v) is 15.0. The smallest absolute Gasteiger partial charge is 0.355 e. The van der Waals surface area contributed by atoms with Crippen LogP contribution in [-0.2, 0) is 40.8 Å². The van der Waals surface area contributed by atoms with Crippen molar-refractivity contribution in [3.05, 3.63) is 58.4 Å². The number of aliphatic carboxylic acids is 1. The van der Waals surface area contributed by atoms with Crippen LogP contribution in [0, 0.1) is 0 Å². The van der Waals surface area contributed by atoms with E-state index in [2.05, 4.69) is 21.4 Å². The molecule has 6 nitrogen and oxygen atoms in total. The quantitative estimate of drug-likeness (QED) is 0.876. The summed E-state index contributed by atoms with van der Waals surface area (Å²) in [5.41, 5.74) is 5.59. The largest absolute Gasteiger partial charge is 0.478 e. The van der Waals surface area contributed by atoms with Crippen molar-refractivity contribution < 1.29 is 14.6 Å². The second-order valence-electron chi connectivity index (χ2n) is 7.46. The molecular weight excluding hydrogens is 342 g/mol. The maximum absolute atomic E-state index is 12.0. The molecule has 2 N–H and O–H groups in total. The van der Waals surface area contributed by atoms with E-state index in [0.29, 0.717) is 5.56 Å². The molecular formula is C21H21N3O3. The molecule has 27 heavy (non-hydrogen) atoms. The maximum atomic E-state index is 12.0. The Kier molecular flexibility index (Phi) is 3.67. The van der Waals surface area contributed by atoms with Gasteiger partial charge < -0.3 is 15.2 Å². The molecule has 0 amide bonds. The number of hydrogen-bond donors (Lipinski definition) is 2. The van der Waals surface area contributed by atoms with E-state index < -0.39 is 11.6 Å². The van der Waals surface area contributed by atoms with Crippen LogP contribution in [0.15, 0.2) is 35.6 Å². The molecule has 0 spiro atoms. The van der Waals surface area contributed by atoms with Crippen LogP contribution in [0.4, 0.5) is 5.69 Å². The third-order valence-corrected chi connectivity index (χ3v) is 5.89. The van der Waals surface area contributed by atoms with E-state index >= 15 is 0 Å². The van der Waals surface area contributed by atoms with Crippen LogP contribution >= 0.6 is 0 Å². The van der Waals surface area contributed by atoms with Crippen molar-refractivity contribution >= 4 is 17.7 Å². The van der Waals surface area contributed by atoms with E-state index in [9.17, 15) is 9.90 Å². The monoisotopic (exact) mass is 363 g/mol. The fourth-order valence-electron chi connectivity index (χ4n) is 4.54. The summed E-state index contributed by atoms with van der Waals surface area (Å²) in [5, 5.41) is 13.2. The fourth-order valence-corrected chi connectivity index (χ4v) is 4.54. The summed E-state index contributed by atoms with van der Waals surface area (Å²) < 4.78 is 5.92. The summed E-state index contributed by atoms with van der Waals surface area (Å²) in [6.45, 7) is 0.0353. The van der Waals surface area contributed by atoms with Crippen molar-refractivity contribution in [2.45, 2.75) is 44.1 Å². The Morgan fingerprint density at radius 3 is 2.52 bits per heavy atom. The average molecular weight is 363 g/mol. The normalized spacial score (nSPS) is 22.7. The van der Waals surface area contributed by atoms with E-state index in [4.69, 9.17) is 4.74 Å². The molecule has 5 rings (SSSR count). The average Bonchev–Trinajstić information content (AvgIpc) is 3.41. The van der Waals surface area contributed by atoms with Crippen LogP contribution in [0.5, 0.6) is 0 Å². The number of anilines is 1. The summed E-state index contributed by atoms with van der Waals surface area (Å²) in [7, 11) is 0. The Balaban J connectivity index is 1.48. The van der Waals surface area contributed by atoms with E-state index in [1.165, 1.54) is 28.5 Å². The zero-order valence-electron chi connectivity index (χ0n) is 15.0. The summed E-state index contributed by atoms with van der Waals surface area (Å²) in [5.74, 6) is -1.06. The molecule has 0 saturated heterocycles. The van der Waals surface area contributed by atoms with Gasteiger partial charge in [-0.15, -0.1) is 0 Å². The lowest BCUT2D eigenvalue weighted by molar-refractivity contribution is -0.155. The molecule has 2 aliphatic carbocycles. The van der Waals surface area contributed by atoms with E-state index in [1.807, 2.05) is 0 Å². The van der Waals surface area contributed by atoms with Gasteiger partial charge in [0.2, 0.25) is 0 Å². The molecule has 1 atom stereocenters. The number of aromatic nitrogens is 1. The molecule has 138 valence electrons. The lowest BCUT2D eigenvalue weighted by atomic mass is 9.96. The second kappa shape index (κ2) is 6.08. The van der Waals surface area contributed by atoms with Gasteiger partial charge in [-0.1, -0.05) is 12.1 Å². The number of carboxylic acids is 1. The number of pyridine rings is 1. The maximum Gasteiger partial charge on any atom is 0.355 e. The predicted octanol–water partition coefficient (Wildman–Crippen LogP) is 2.84.